The summed E-state index contributed by atoms with van der Waals surface area (Å²) in [6.45, 7) is 12.2. The van der Waals surface area contributed by atoms with Gasteiger partial charge in [0.25, 0.3) is 0 Å². The normalized spacial score (nSPS) is 43.1. The zero-order valence-corrected chi connectivity index (χ0v) is 19.5. The second kappa shape index (κ2) is 7.16. The van der Waals surface area contributed by atoms with E-state index in [0.717, 1.165) is 30.6 Å². The van der Waals surface area contributed by atoms with Gasteiger partial charge in [0, 0.05) is 5.88 Å². The molecule has 0 aromatic carbocycles. The lowest BCUT2D eigenvalue weighted by Gasteiger charge is -2.59. The molecule has 0 radical (unpaired) electrons. The van der Waals surface area contributed by atoms with Crippen molar-refractivity contribution in [3.8, 4) is 0 Å². The minimum atomic E-state index is -0.139. The van der Waals surface area contributed by atoms with Gasteiger partial charge in [-0.25, -0.2) is 0 Å². The summed E-state index contributed by atoms with van der Waals surface area (Å²) in [4.78, 5) is 0. The first-order valence-electron chi connectivity index (χ1n) is 11.8. The molecule has 0 heterocycles. The number of rotatable bonds is 4. The second-order valence-electron chi connectivity index (χ2n) is 11.5. The average Bonchev–Trinajstić information content (AvgIpc) is 3.00. The van der Waals surface area contributed by atoms with E-state index in [0.29, 0.717) is 16.7 Å². The lowest BCUT2D eigenvalue weighted by molar-refractivity contribution is -0.0905. The van der Waals surface area contributed by atoms with Crippen molar-refractivity contribution in [1.82, 2.24) is 0 Å². The van der Waals surface area contributed by atoms with Crippen LogP contribution in [0.25, 0.3) is 0 Å². The van der Waals surface area contributed by atoms with E-state index in [4.69, 9.17) is 11.6 Å². The molecule has 158 valence electrons. The molecule has 1 saturated carbocycles. The fourth-order valence-corrected chi connectivity index (χ4v) is 8.33. The van der Waals surface area contributed by atoms with Gasteiger partial charge < -0.3 is 5.11 Å². The van der Waals surface area contributed by atoms with Gasteiger partial charge in [-0.05, 0) is 103 Å². The van der Waals surface area contributed by atoms with E-state index in [1.54, 1.807) is 16.7 Å². The molecule has 0 saturated heterocycles. The van der Waals surface area contributed by atoms with Crippen molar-refractivity contribution in [2.24, 2.45) is 34.0 Å². The summed E-state index contributed by atoms with van der Waals surface area (Å²) in [5.41, 5.74) is 5.95. The quantitative estimate of drug-likeness (QED) is 0.488. The maximum atomic E-state index is 10.7. The van der Waals surface area contributed by atoms with Crippen molar-refractivity contribution in [3.63, 3.8) is 0 Å². The van der Waals surface area contributed by atoms with Gasteiger partial charge in [-0.1, -0.05) is 46.3 Å². The van der Waals surface area contributed by atoms with Gasteiger partial charge in [0.05, 0.1) is 6.10 Å². The minimum Gasteiger partial charge on any atom is -0.393 e. The average molecular weight is 405 g/mol. The van der Waals surface area contributed by atoms with Crippen molar-refractivity contribution >= 4 is 11.6 Å². The fourth-order valence-electron chi connectivity index (χ4n) is 8.18. The smallest absolute Gasteiger partial charge is 0.0594 e. The molecule has 4 aliphatic carbocycles. The van der Waals surface area contributed by atoms with Crippen LogP contribution in [0.4, 0.5) is 0 Å². The van der Waals surface area contributed by atoms with Crippen LogP contribution in [0.2, 0.25) is 0 Å². The van der Waals surface area contributed by atoms with Crippen LogP contribution in [0.5, 0.6) is 0 Å². The van der Waals surface area contributed by atoms with Crippen LogP contribution >= 0.6 is 11.6 Å². The van der Waals surface area contributed by atoms with E-state index in [9.17, 15) is 5.11 Å². The highest BCUT2D eigenvalue weighted by Crippen LogP contribution is 2.66. The molecule has 0 aromatic rings. The van der Waals surface area contributed by atoms with E-state index in [1.807, 2.05) is 0 Å². The van der Waals surface area contributed by atoms with E-state index in [-0.39, 0.29) is 11.5 Å². The van der Waals surface area contributed by atoms with E-state index < -0.39 is 0 Å². The summed E-state index contributed by atoms with van der Waals surface area (Å²) in [6.07, 6.45) is 13.4. The third-order valence-electron chi connectivity index (χ3n) is 9.91. The number of halogens is 1. The van der Waals surface area contributed by atoms with Crippen molar-refractivity contribution in [2.45, 2.75) is 98.5 Å². The number of fused-ring (bicyclic) bond motifs is 4. The molecule has 1 N–H and O–H groups in total. The minimum absolute atomic E-state index is 0.0367. The number of alkyl halides is 1. The van der Waals surface area contributed by atoms with Gasteiger partial charge in [0.15, 0.2) is 0 Å². The molecule has 2 heteroatoms. The number of aliphatic hydroxyl groups is 1. The highest BCUT2D eigenvalue weighted by molar-refractivity contribution is 6.17. The SMILES string of the molecule is C[C@H](CCCCl)[C@H]1CC=C2C3=C(CC[C@@]21C)[C@@]1(C)CC[C@H](O)C(C)(C)C1CC3. The highest BCUT2D eigenvalue weighted by Gasteiger charge is 2.57. The van der Waals surface area contributed by atoms with Crippen LogP contribution in [-0.4, -0.2) is 17.1 Å². The third-order valence-corrected chi connectivity index (χ3v) is 10.2. The number of aliphatic hydroxyl groups excluding tert-OH is 1. The molecule has 1 fully saturated rings. The zero-order chi connectivity index (χ0) is 20.3. The second-order valence-corrected chi connectivity index (χ2v) is 11.9. The van der Waals surface area contributed by atoms with Crippen molar-refractivity contribution < 1.29 is 5.11 Å². The lowest BCUT2D eigenvalue weighted by atomic mass is 9.46. The van der Waals surface area contributed by atoms with Crippen molar-refractivity contribution in [1.29, 1.82) is 0 Å². The molecule has 0 spiro atoms. The van der Waals surface area contributed by atoms with Crippen LogP contribution < -0.4 is 0 Å². The van der Waals surface area contributed by atoms with E-state index in [2.05, 4.69) is 40.7 Å². The van der Waals surface area contributed by atoms with Crippen LogP contribution in [-0.2, 0) is 0 Å². The Kier molecular flexibility index (Phi) is 5.36. The van der Waals surface area contributed by atoms with Crippen molar-refractivity contribution in [3.05, 3.63) is 22.8 Å². The Bertz CT molecular complexity index is 689. The molecule has 0 amide bonds. The van der Waals surface area contributed by atoms with Gasteiger partial charge >= 0.3 is 0 Å². The van der Waals surface area contributed by atoms with E-state index >= 15 is 0 Å². The molecule has 0 aliphatic heterocycles. The van der Waals surface area contributed by atoms with Gasteiger partial charge in [-0.3, -0.25) is 0 Å². The van der Waals surface area contributed by atoms with Gasteiger partial charge in [-0.2, -0.15) is 0 Å². The van der Waals surface area contributed by atoms with Crippen molar-refractivity contribution in [2.75, 3.05) is 5.88 Å². The molecule has 6 atom stereocenters. The Labute approximate surface area is 178 Å². The largest absolute Gasteiger partial charge is 0.393 e. The summed E-state index contributed by atoms with van der Waals surface area (Å²) >= 11 is 5.99. The Balaban J connectivity index is 1.66. The predicted octanol–water partition coefficient (Wildman–Crippen LogP) is 7.28. The van der Waals surface area contributed by atoms with Crippen LogP contribution in [0.3, 0.4) is 0 Å². The lowest BCUT2D eigenvalue weighted by Crippen LogP contribution is -2.53. The highest BCUT2D eigenvalue weighted by atomic mass is 35.5. The first-order chi connectivity index (χ1) is 13.2. The summed E-state index contributed by atoms with van der Waals surface area (Å²) in [6, 6.07) is 0. The zero-order valence-electron chi connectivity index (χ0n) is 18.8. The molecule has 4 aliphatic rings. The van der Waals surface area contributed by atoms with Crippen LogP contribution in [0.15, 0.2) is 22.8 Å². The first kappa shape index (κ1) is 21.0. The molecule has 4 rings (SSSR count). The standard InChI is InChI=1S/C26H41ClO/c1-17(7-6-16-27)19-9-10-20-18-8-11-22-24(2,3)23(28)13-15-26(22,5)21(18)12-14-25(19,20)4/h10,17,19,22-23,28H,6-9,11-16H2,1-5H3/t17-,19-,22?,23+,25-,26-/m1/s1. The first-order valence-corrected chi connectivity index (χ1v) is 12.4. The maximum absolute atomic E-state index is 10.7. The van der Waals surface area contributed by atoms with Crippen LogP contribution in [0.1, 0.15) is 92.4 Å². The molecular weight excluding hydrogens is 364 g/mol. The van der Waals surface area contributed by atoms with E-state index in [1.165, 1.54) is 44.9 Å². The Hall–Kier alpha value is -0.270. The monoisotopic (exact) mass is 404 g/mol. The summed E-state index contributed by atoms with van der Waals surface area (Å²) in [5, 5.41) is 10.7. The predicted molar refractivity (Wildman–Crippen MR) is 120 cm³/mol. The molecule has 0 bridgehead atoms. The fraction of sp³-hybridized carbons (Fsp3) is 0.846. The third kappa shape index (κ3) is 2.89. The summed E-state index contributed by atoms with van der Waals surface area (Å²) < 4.78 is 0. The Morgan fingerprint density at radius 1 is 1.11 bits per heavy atom. The Morgan fingerprint density at radius 3 is 2.57 bits per heavy atom. The summed E-state index contributed by atoms with van der Waals surface area (Å²) in [5.74, 6) is 2.96. The molecule has 0 aromatic heterocycles. The molecular formula is C26H41ClO. The van der Waals surface area contributed by atoms with Gasteiger partial charge in [-0.15, -0.1) is 11.6 Å². The van der Waals surface area contributed by atoms with Gasteiger partial charge in [0.1, 0.15) is 0 Å². The molecule has 28 heavy (non-hydrogen) atoms. The molecule has 1 nitrogen and oxygen atoms in total. The topological polar surface area (TPSA) is 20.2 Å². The molecule has 1 unspecified atom stereocenters. The van der Waals surface area contributed by atoms with Crippen LogP contribution in [0, 0.1) is 34.0 Å². The number of hydrogen-bond acceptors (Lipinski definition) is 1. The number of hydrogen-bond donors (Lipinski definition) is 1. The van der Waals surface area contributed by atoms with Gasteiger partial charge in [0.2, 0.25) is 0 Å². The summed E-state index contributed by atoms with van der Waals surface area (Å²) in [7, 11) is 0. The Morgan fingerprint density at radius 2 is 1.86 bits per heavy atom. The number of allylic oxidation sites excluding steroid dienone is 4. The maximum Gasteiger partial charge on any atom is 0.0594 e.